The van der Waals surface area contributed by atoms with Crippen LogP contribution in [0.4, 0.5) is 19.0 Å². The molecule has 0 radical (unpaired) electrons. The van der Waals surface area contributed by atoms with Crippen LogP contribution in [-0.4, -0.2) is 33.8 Å². The van der Waals surface area contributed by atoms with E-state index >= 15 is 0 Å². The van der Waals surface area contributed by atoms with Gasteiger partial charge in [0.2, 0.25) is 0 Å². The van der Waals surface area contributed by atoms with Crippen LogP contribution < -0.4 is 4.08 Å². The van der Waals surface area contributed by atoms with E-state index in [1.165, 1.54) is 4.08 Å². The molecular weight excluding hydrogens is 312 g/mol. The van der Waals surface area contributed by atoms with Gasteiger partial charge < -0.3 is 4.90 Å². The number of hydrogen-bond donors (Lipinski definition) is 1. The first-order valence-electron chi connectivity index (χ1n) is 5.68. The summed E-state index contributed by atoms with van der Waals surface area (Å²) in [7, 11) is 3.39. The van der Waals surface area contributed by atoms with E-state index in [1.54, 1.807) is 10.7 Å². The fourth-order valence-corrected chi connectivity index (χ4v) is 1.85. The van der Waals surface area contributed by atoms with Crippen LogP contribution in [0.2, 0.25) is 0 Å². The highest BCUT2D eigenvalue weighted by molar-refractivity contribution is 7.86. The molecule has 0 aliphatic heterocycles. The molecule has 1 amide bonds. The lowest BCUT2D eigenvalue weighted by Gasteiger charge is -2.20. The molecule has 1 heterocycles. The smallest absolute Gasteiger partial charge is 0.332 e. The maximum Gasteiger partial charge on any atom is 0.471 e. The van der Waals surface area contributed by atoms with Crippen LogP contribution in [-0.2, 0) is 11.3 Å². The summed E-state index contributed by atoms with van der Waals surface area (Å²) in [5.41, 5.74) is 0.497. The Labute approximate surface area is 122 Å². The van der Waals surface area contributed by atoms with Gasteiger partial charge in [-0.05, 0) is 23.2 Å². The van der Waals surface area contributed by atoms with E-state index in [1.807, 2.05) is 13.8 Å². The highest BCUT2D eigenvalue weighted by atomic mass is 32.1. The Balaban J connectivity index is 2.99. The monoisotopic (exact) mass is 328 g/mol. The molecule has 0 aromatic carbocycles. The molecule has 20 heavy (non-hydrogen) atoms. The van der Waals surface area contributed by atoms with Crippen molar-refractivity contribution < 1.29 is 18.0 Å². The Kier molecular flexibility index (Phi) is 5.32. The van der Waals surface area contributed by atoms with Crippen LogP contribution in [0.15, 0.2) is 6.07 Å². The Hall–Kier alpha value is -0.950. The minimum Gasteiger partial charge on any atom is -0.332 e. The van der Waals surface area contributed by atoms with Crippen LogP contribution >= 0.6 is 22.2 Å². The summed E-state index contributed by atoms with van der Waals surface area (Å²) < 4.78 is 40.0. The average molecular weight is 328 g/mol. The van der Waals surface area contributed by atoms with Crippen molar-refractivity contribution >= 4 is 33.9 Å². The molecule has 0 aliphatic rings. The molecule has 0 fully saturated rings. The zero-order chi connectivity index (χ0) is 15.7. The van der Waals surface area contributed by atoms with Gasteiger partial charge in [-0.1, -0.05) is 12.8 Å². The highest BCUT2D eigenvalue weighted by Crippen LogP contribution is 2.24. The third kappa shape index (κ3) is 4.02. The van der Waals surface area contributed by atoms with Gasteiger partial charge in [0.25, 0.3) is 0 Å². The summed E-state index contributed by atoms with van der Waals surface area (Å²) in [4.78, 5) is 11.7. The van der Waals surface area contributed by atoms with E-state index in [-0.39, 0.29) is 12.6 Å². The predicted octanol–water partition coefficient (Wildman–Crippen LogP) is 2.43. The van der Waals surface area contributed by atoms with Crippen molar-refractivity contribution in [3.63, 3.8) is 0 Å². The van der Waals surface area contributed by atoms with Gasteiger partial charge in [0.1, 0.15) is 0 Å². The second-order valence-electron chi connectivity index (χ2n) is 4.54. The molecule has 1 aromatic heterocycles. The van der Waals surface area contributed by atoms with E-state index < -0.39 is 12.1 Å². The lowest BCUT2D eigenvalue weighted by Crippen LogP contribution is -2.38. The molecule has 10 heteroatoms. The van der Waals surface area contributed by atoms with Gasteiger partial charge in [-0.25, -0.2) is 0 Å². The van der Waals surface area contributed by atoms with Gasteiger partial charge in [0, 0.05) is 19.2 Å². The first-order valence-corrected chi connectivity index (χ1v) is 6.60. The quantitative estimate of drug-likeness (QED) is 0.682. The zero-order valence-electron chi connectivity index (χ0n) is 11.2. The summed E-state index contributed by atoms with van der Waals surface area (Å²) >= 11 is 4.05. The molecule has 0 bridgehead atoms. The molecule has 0 aliphatic carbocycles. The molecule has 0 spiro atoms. The number of rotatable bonds is 4. The number of anilines is 1. The van der Waals surface area contributed by atoms with E-state index in [2.05, 4.69) is 27.3 Å². The van der Waals surface area contributed by atoms with Gasteiger partial charge in [0.15, 0.2) is 5.82 Å². The fraction of sp³-hybridized carbons (Fsp3) is 0.600. The molecular formula is C10H16F3N4OPS. The van der Waals surface area contributed by atoms with E-state index in [4.69, 9.17) is 0 Å². The SMILES string of the molecule is CC(C)n1nc(N(P)S)cc1CN(C)C(=O)C(F)(F)F. The zero-order valence-corrected chi connectivity index (χ0v) is 13.3. The number of nitrogens with zero attached hydrogens (tertiary/aromatic N) is 4. The summed E-state index contributed by atoms with van der Waals surface area (Å²) in [6.45, 7) is 3.50. The molecule has 5 nitrogen and oxygen atoms in total. The number of carbonyl (C=O) groups is 1. The number of thiol groups is 1. The molecule has 1 unspecified atom stereocenters. The summed E-state index contributed by atoms with van der Waals surface area (Å²) in [6.07, 6.45) is -4.88. The lowest BCUT2D eigenvalue weighted by atomic mass is 10.3. The van der Waals surface area contributed by atoms with Crippen LogP contribution in [0.1, 0.15) is 25.6 Å². The molecule has 114 valence electrons. The predicted molar refractivity (Wildman–Crippen MR) is 76.3 cm³/mol. The fourth-order valence-electron chi connectivity index (χ4n) is 1.63. The summed E-state index contributed by atoms with van der Waals surface area (Å²) in [5, 5.41) is 4.21. The molecule has 0 saturated carbocycles. The highest BCUT2D eigenvalue weighted by Gasteiger charge is 2.41. The van der Waals surface area contributed by atoms with Crippen molar-refractivity contribution in [2.24, 2.45) is 0 Å². The maximum absolute atomic E-state index is 12.4. The number of alkyl halides is 3. The van der Waals surface area contributed by atoms with Crippen molar-refractivity contribution in [2.75, 3.05) is 11.1 Å². The third-order valence-electron chi connectivity index (χ3n) is 2.51. The first kappa shape index (κ1) is 17.1. The second kappa shape index (κ2) is 6.22. The van der Waals surface area contributed by atoms with Crippen molar-refractivity contribution in [3.05, 3.63) is 11.8 Å². The van der Waals surface area contributed by atoms with Crippen LogP contribution in [0.5, 0.6) is 0 Å². The summed E-state index contributed by atoms with van der Waals surface area (Å²) in [6, 6.07) is 1.53. The van der Waals surface area contributed by atoms with Crippen molar-refractivity contribution in [1.82, 2.24) is 14.7 Å². The number of halogens is 3. The minimum absolute atomic E-state index is 0.0496. The van der Waals surface area contributed by atoms with Gasteiger partial charge in [0.05, 0.1) is 12.2 Å². The third-order valence-corrected chi connectivity index (χ3v) is 2.98. The van der Waals surface area contributed by atoms with Crippen molar-refractivity contribution in [1.29, 1.82) is 0 Å². The normalized spacial score (nSPS) is 11.8. The Morgan fingerprint density at radius 2 is 2.10 bits per heavy atom. The summed E-state index contributed by atoms with van der Waals surface area (Å²) in [5.74, 6) is -1.42. The van der Waals surface area contributed by atoms with Crippen molar-refractivity contribution in [2.45, 2.75) is 32.6 Å². The minimum atomic E-state index is -4.88. The van der Waals surface area contributed by atoms with E-state index in [0.717, 1.165) is 7.05 Å². The molecule has 0 saturated heterocycles. The number of amides is 1. The number of hydrogen-bond acceptors (Lipinski definition) is 4. The Morgan fingerprint density at radius 3 is 2.50 bits per heavy atom. The van der Waals surface area contributed by atoms with Gasteiger partial charge in [-0.15, -0.1) is 0 Å². The Morgan fingerprint density at radius 1 is 1.55 bits per heavy atom. The number of carbonyl (C=O) groups excluding carboxylic acids is 1. The Bertz CT molecular complexity index is 489. The van der Waals surface area contributed by atoms with Gasteiger partial charge in [-0.3, -0.25) is 13.6 Å². The molecule has 1 atom stereocenters. The van der Waals surface area contributed by atoms with Crippen LogP contribution in [0.25, 0.3) is 0 Å². The second-order valence-corrected chi connectivity index (χ2v) is 5.92. The van der Waals surface area contributed by atoms with Crippen molar-refractivity contribution in [3.8, 4) is 0 Å². The topological polar surface area (TPSA) is 41.4 Å². The number of aromatic nitrogens is 2. The lowest BCUT2D eigenvalue weighted by molar-refractivity contribution is -0.184. The molecule has 1 aromatic rings. The van der Waals surface area contributed by atoms with E-state index in [0.29, 0.717) is 16.4 Å². The van der Waals surface area contributed by atoms with Crippen LogP contribution in [0, 0.1) is 0 Å². The molecule has 1 rings (SSSR count). The average Bonchev–Trinajstić information content (AvgIpc) is 2.70. The maximum atomic E-state index is 12.4. The van der Waals surface area contributed by atoms with E-state index in [9.17, 15) is 18.0 Å². The van der Waals surface area contributed by atoms with Crippen LogP contribution in [0.3, 0.4) is 0 Å². The van der Waals surface area contributed by atoms with Gasteiger partial charge >= 0.3 is 12.1 Å². The standard InChI is InChI=1S/C10H16F3N4OPS/c1-6(2)16-7(4-8(14-16)17(19)20)5-15(3)9(18)10(11,12)13/h4,6,20H,5,19H2,1-3H3. The molecule has 0 N–H and O–H groups in total. The van der Waals surface area contributed by atoms with Gasteiger partial charge in [-0.2, -0.15) is 18.3 Å². The largest absolute Gasteiger partial charge is 0.471 e. The first-order chi connectivity index (χ1) is 9.04.